The van der Waals surface area contributed by atoms with E-state index in [0.29, 0.717) is 17.2 Å². The third-order valence-electron chi connectivity index (χ3n) is 4.46. The van der Waals surface area contributed by atoms with Crippen molar-refractivity contribution in [2.24, 2.45) is 0 Å². The number of carbonyl (C=O) groups excluding carboxylic acids is 1. The van der Waals surface area contributed by atoms with E-state index >= 15 is 0 Å². The summed E-state index contributed by atoms with van der Waals surface area (Å²) in [6, 6.07) is 8.84. The maximum atomic E-state index is 12.4. The first-order valence-electron chi connectivity index (χ1n) is 7.48. The average molecular weight is 334 g/mol. The second-order valence-corrected chi connectivity index (χ2v) is 7.37. The zero-order valence-corrected chi connectivity index (χ0v) is 13.5. The first kappa shape index (κ1) is 14.2. The van der Waals surface area contributed by atoms with Gasteiger partial charge in [-0.25, -0.2) is 4.98 Å². The lowest BCUT2D eigenvalue weighted by atomic mass is 9.95. The molecule has 114 valence electrons. The summed E-state index contributed by atoms with van der Waals surface area (Å²) in [5.74, 6) is 0.0255. The highest BCUT2D eigenvalue weighted by molar-refractivity contribution is 7.17. The Morgan fingerprint density at radius 3 is 2.91 bits per heavy atom. The van der Waals surface area contributed by atoms with Gasteiger partial charge >= 0.3 is 0 Å². The summed E-state index contributed by atoms with van der Waals surface area (Å²) in [6.07, 6.45) is 5.19. The number of thiophene rings is 1. The normalized spacial score (nSPS) is 26.3. The summed E-state index contributed by atoms with van der Waals surface area (Å²) in [5, 5.41) is 7.19. The Morgan fingerprint density at radius 1 is 1.32 bits per heavy atom. The van der Waals surface area contributed by atoms with Crippen LogP contribution in [-0.4, -0.2) is 29.0 Å². The molecule has 0 aromatic carbocycles. The van der Waals surface area contributed by atoms with Gasteiger partial charge in [0, 0.05) is 34.8 Å². The molecule has 2 fully saturated rings. The highest BCUT2D eigenvalue weighted by Crippen LogP contribution is 2.30. The number of carbonyl (C=O) groups is 1. The molecule has 2 aliphatic rings. The molecular weight excluding hydrogens is 318 g/mol. The predicted molar refractivity (Wildman–Crippen MR) is 88.4 cm³/mol. The van der Waals surface area contributed by atoms with E-state index in [1.54, 1.807) is 12.3 Å². The Morgan fingerprint density at radius 2 is 2.23 bits per heavy atom. The first-order valence-corrected chi connectivity index (χ1v) is 8.67. The van der Waals surface area contributed by atoms with Crippen LogP contribution < -0.4 is 10.6 Å². The molecule has 0 radical (unpaired) electrons. The molecule has 4 rings (SSSR count). The van der Waals surface area contributed by atoms with E-state index in [1.165, 1.54) is 24.2 Å². The molecule has 0 aliphatic carbocycles. The van der Waals surface area contributed by atoms with Crippen molar-refractivity contribution in [2.75, 3.05) is 0 Å². The lowest BCUT2D eigenvalue weighted by molar-refractivity contribution is 0.0935. The van der Waals surface area contributed by atoms with Crippen LogP contribution in [0.15, 0.2) is 30.5 Å². The molecule has 6 heteroatoms. The number of pyridine rings is 1. The fourth-order valence-corrected chi connectivity index (χ4v) is 4.37. The van der Waals surface area contributed by atoms with E-state index in [0.717, 1.165) is 21.7 Å². The molecule has 2 aromatic rings. The number of aromatic nitrogens is 1. The van der Waals surface area contributed by atoms with Crippen LogP contribution in [0, 0.1) is 0 Å². The second kappa shape index (κ2) is 5.65. The van der Waals surface area contributed by atoms with Gasteiger partial charge in [-0.2, -0.15) is 0 Å². The summed E-state index contributed by atoms with van der Waals surface area (Å²) in [5.41, 5.74) is 0.982. The van der Waals surface area contributed by atoms with Crippen LogP contribution in [0.25, 0.3) is 10.4 Å². The molecule has 2 saturated heterocycles. The van der Waals surface area contributed by atoms with Crippen LogP contribution in [0.3, 0.4) is 0 Å². The minimum absolute atomic E-state index is 0.0255. The Balaban J connectivity index is 1.46. The molecular formula is C16H16ClN3OS. The van der Waals surface area contributed by atoms with E-state index in [-0.39, 0.29) is 11.9 Å². The van der Waals surface area contributed by atoms with Crippen molar-refractivity contribution in [3.63, 3.8) is 0 Å². The van der Waals surface area contributed by atoms with Crippen molar-refractivity contribution in [2.45, 2.75) is 37.4 Å². The summed E-state index contributed by atoms with van der Waals surface area (Å²) in [7, 11) is 0. The smallest absolute Gasteiger partial charge is 0.261 e. The van der Waals surface area contributed by atoms with Crippen molar-refractivity contribution in [1.82, 2.24) is 15.6 Å². The van der Waals surface area contributed by atoms with Gasteiger partial charge in [0.05, 0.1) is 4.88 Å². The number of hydrogen-bond donors (Lipinski definition) is 2. The fraction of sp³-hybridized carbons (Fsp3) is 0.375. The summed E-state index contributed by atoms with van der Waals surface area (Å²) < 4.78 is 0. The zero-order chi connectivity index (χ0) is 15.1. The van der Waals surface area contributed by atoms with Gasteiger partial charge in [-0.3, -0.25) is 4.79 Å². The lowest BCUT2D eigenvalue weighted by Gasteiger charge is -2.20. The predicted octanol–water partition coefficient (Wildman–Crippen LogP) is 3.09. The molecule has 2 bridgehead atoms. The highest BCUT2D eigenvalue weighted by atomic mass is 35.5. The van der Waals surface area contributed by atoms with E-state index in [1.807, 2.05) is 18.2 Å². The van der Waals surface area contributed by atoms with Crippen molar-refractivity contribution < 1.29 is 4.79 Å². The van der Waals surface area contributed by atoms with Crippen molar-refractivity contribution in [3.05, 3.63) is 40.5 Å². The third-order valence-corrected chi connectivity index (χ3v) is 5.81. The van der Waals surface area contributed by atoms with Gasteiger partial charge < -0.3 is 10.6 Å². The van der Waals surface area contributed by atoms with E-state index < -0.39 is 0 Å². The molecule has 4 heterocycles. The number of halogens is 1. The molecule has 2 aromatic heterocycles. The molecule has 4 nitrogen and oxygen atoms in total. The monoisotopic (exact) mass is 333 g/mol. The van der Waals surface area contributed by atoms with Gasteiger partial charge in [-0.05, 0) is 43.5 Å². The zero-order valence-electron chi connectivity index (χ0n) is 11.9. The van der Waals surface area contributed by atoms with Crippen molar-refractivity contribution in [1.29, 1.82) is 0 Å². The van der Waals surface area contributed by atoms with Gasteiger partial charge in [0.2, 0.25) is 0 Å². The average Bonchev–Trinajstić information content (AvgIpc) is 3.24. The number of nitrogens with zero attached hydrogens (tertiary/aromatic N) is 1. The molecule has 22 heavy (non-hydrogen) atoms. The van der Waals surface area contributed by atoms with Gasteiger partial charge in [0.25, 0.3) is 5.91 Å². The maximum Gasteiger partial charge on any atom is 0.261 e. The number of fused-ring (bicyclic) bond motifs is 2. The van der Waals surface area contributed by atoms with E-state index in [4.69, 9.17) is 11.6 Å². The Hall–Kier alpha value is -1.43. The molecule has 1 amide bonds. The maximum absolute atomic E-state index is 12.4. The number of rotatable bonds is 3. The minimum atomic E-state index is 0.0255. The molecule has 3 atom stereocenters. The molecule has 0 spiro atoms. The minimum Gasteiger partial charge on any atom is -0.347 e. The Labute approximate surface area is 137 Å². The molecule has 2 N–H and O–H groups in total. The standard InChI is InChI=1S/C16H16ClN3OS/c17-15-6-1-9(8-18-15)13-4-5-14(22-13)16(21)20-12-7-10-2-3-11(12)19-10/h1,4-6,8,10-12,19H,2-3,7H2,(H,20,21)/t10-,11+,12-/m1/s1. The van der Waals surface area contributed by atoms with Crippen LogP contribution in [0.5, 0.6) is 0 Å². The lowest BCUT2D eigenvalue weighted by Crippen LogP contribution is -2.42. The molecule has 0 saturated carbocycles. The van der Waals surface area contributed by atoms with Gasteiger partial charge in [0.1, 0.15) is 5.15 Å². The first-order chi connectivity index (χ1) is 10.7. The van der Waals surface area contributed by atoms with Crippen molar-refractivity contribution in [3.8, 4) is 10.4 Å². The summed E-state index contributed by atoms with van der Waals surface area (Å²) in [6.45, 7) is 0. The van der Waals surface area contributed by atoms with Gasteiger partial charge in [-0.15, -0.1) is 11.3 Å². The van der Waals surface area contributed by atoms with Crippen LogP contribution in [-0.2, 0) is 0 Å². The largest absolute Gasteiger partial charge is 0.347 e. The Bertz CT molecular complexity index is 700. The number of amides is 1. The fourth-order valence-electron chi connectivity index (χ4n) is 3.36. The summed E-state index contributed by atoms with van der Waals surface area (Å²) in [4.78, 5) is 18.3. The SMILES string of the molecule is O=C(N[C@@H]1C[C@H]2CC[C@@H]1N2)c1ccc(-c2ccc(Cl)nc2)s1. The Kier molecular flexibility index (Phi) is 3.64. The second-order valence-electron chi connectivity index (χ2n) is 5.90. The number of hydrogen-bond acceptors (Lipinski definition) is 4. The quantitative estimate of drug-likeness (QED) is 0.849. The van der Waals surface area contributed by atoms with Crippen LogP contribution in [0.4, 0.5) is 0 Å². The molecule has 0 unspecified atom stereocenters. The third kappa shape index (κ3) is 2.64. The van der Waals surface area contributed by atoms with Gasteiger partial charge in [-0.1, -0.05) is 11.6 Å². The highest BCUT2D eigenvalue weighted by Gasteiger charge is 2.39. The number of nitrogens with one attached hydrogen (secondary N) is 2. The van der Waals surface area contributed by atoms with Crippen LogP contribution in [0.2, 0.25) is 5.15 Å². The molecule has 2 aliphatic heterocycles. The van der Waals surface area contributed by atoms with Crippen LogP contribution >= 0.6 is 22.9 Å². The van der Waals surface area contributed by atoms with Crippen LogP contribution in [0.1, 0.15) is 28.9 Å². The van der Waals surface area contributed by atoms with E-state index in [9.17, 15) is 4.79 Å². The van der Waals surface area contributed by atoms with E-state index in [2.05, 4.69) is 15.6 Å². The summed E-state index contributed by atoms with van der Waals surface area (Å²) >= 11 is 7.29. The van der Waals surface area contributed by atoms with Gasteiger partial charge in [0.15, 0.2) is 0 Å². The van der Waals surface area contributed by atoms with Crippen molar-refractivity contribution >= 4 is 28.8 Å². The topological polar surface area (TPSA) is 54.0 Å².